The fraction of sp³-hybridized carbons (Fsp3) is 0.467. The molecule has 1 saturated heterocycles. The summed E-state index contributed by atoms with van der Waals surface area (Å²) in [4.78, 5) is 23.5. The molecule has 3 nitrogen and oxygen atoms in total. The third kappa shape index (κ3) is 2.45. The summed E-state index contributed by atoms with van der Waals surface area (Å²) in [5.74, 6) is -0.531. The number of allylic oxidation sites excluding steroid dienone is 2. The van der Waals surface area contributed by atoms with E-state index < -0.39 is 0 Å². The Morgan fingerprint density at radius 2 is 2.00 bits per heavy atom. The molecule has 0 spiro atoms. The minimum Gasteiger partial charge on any atom is -0.458 e. The zero-order valence-corrected chi connectivity index (χ0v) is 10.7. The van der Waals surface area contributed by atoms with Crippen molar-refractivity contribution in [1.82, 2.24) is 0 Å². The number of esters is 1. The van der Waals surface area contributed by atoms with Crippen molar-refractivity contribution in [1.29, 1.82) is 0 Å². The lowest BCUT2D eigenvalue weighted by atomic mass is 9.85. The fourth-order valence-corrected chi connectivity index (χ4v) is 2.49. The highest BCUT2D eigenvalue weighted by Crippen LogP contribution is 2.34. The van der Waals surface area contributed by atoms with E-state index in [4.69, 9.17) is 4.74 Å². The average Bonchev–Trinajstić information content (AvgIpc) is 2.56. The number of Topliss-reactive ketones (excluding diaryl/α,β-unsaturated/α-hetero) is 1. The molecule has 2 rings (SSSR count). The molecule has 0 N–H and O–H groups in total. The molecule has 0 radical (unpaired) electrons. The van der Waals surface area contributed by atoms with Crippen LogP contribution in [0.15, 0.2) is 36.0 Å². The van der Waals surface area contributed by atoms with Crippen molar-refractivity contribution >= 4 is 11.8 Å². The first-order valence-corrected chi connectivity index (χ1v) is 6.25. The van der Waals surface area contributed by atoms with Crippen LogP contribution in [0.5, 0.6) is 0 Å². The monoisotopic (exact) mass is 246 g/mol. The van der Waals surface area contributed by atoms with E-state index in [2.05, 4.69) is 19.2 Å². The molecule has 0 aromatic heterocycles. The summed E-state index contributed by atoms with van der Waals surface area (Å²) < 4.78 is 5.30. The zero-order valence-electron chi connectivity index (χ0n) is 10.7. The van der Waals surface area contributed by atoms with E-state index in [-0.39, 0.29) is 23.8 Å². The van der Waals surface area contributed by atoms with Gasteiger partial charge in [-0.2, -0.15) is 0 Å². The fourth-order valence-electron chi connectivity index (χ4n) is 2.49. The highest BCUT2D eigenvalue weighted by atomic mass is 16.6. The maximum absolute atomic E-state index is 12.0. The summed E-state index contributed by atoms with van der Waals surface area (Å²) in [7, 11) is 0. The molecule has 0 amide bonds. The summed E-state index contributed by atoms with van der Waals surface area (Å²) in [6.07, 6.45) is 4.35. The summed E-state index contributed by atoms with van der Waals surface area (Å²) in [5.41, 5.74) is 2.25. The van der Waals surface area contributed by atoms with Gasteiger partial charge in [-0.05, 0) is 25.3 Å². The normalized spacial score (nSPS) is 29.7. The Kier molecular flexibility index (Phi) is 3.50. The molecule has 18 heavy (non-hydrogen) atoms. The molecule has 0 aromatic carbocycles. The Bertz CT molecular complexity index is 456. The number of ether oxygens (including phenoxy) is 1. The molecule has 0 bridgehead atoms. The van der Waals surface area contributed by atoms with Crippen molar-refractivity contribution < 1.29 is 14.3 Å². The van der Waals surface area contributed by atoms with Gasteiger partial charge in [0.15, 0.2) is 5.78 Å². The SMILES string of the molecule is C=C1CCC=C(C)CC2OC(=O)C(=C)C2CC1=O. The van der Waals surface area contributed by atoms with E-state index >= 15 is 0 Å². The van der Waals surface area contributed by atoms with Gasteiger partial charge in [0, 0.05) is 24.3 Å². The Hall–Kier alpha value is -1.64. The van der Waals surface area contributed by atoms with Crippen molar-refractivity contribution in [3.8, 4) is 0 Å². The Morgan fingerprint density at radius 1 is 1.28 bits per heavy atom. The predicted molar refractivity (Wildman–Crippen MR) is 68.9 cm³/mol. The molecule has 1 heterocycles. The molecule has 1 fully saturated rings. The van der Waals surface area contributed by atoms with Crippen molar-refractivity contribution in [3.63, 3.8) is 0 Å². The van der Waals surface area contributed by atoms with E-state index in [1.165, 1.54) is 5.57 Å². The van der Waals surface area contributed by atoms with Crippen LogP contribution in [0, 0.1) is 5.92 Å². The molecule has 3 heteroatoms. The van der Waals surface area contributed by atoms with Crippen LogP contribution in [-0.2, 0) is 14.3 Å². The maximum Gasteiger partial charge on any atom is 0.334 e. The molecule has 2 unspecified atom stereocenters. The lowest BCUT2D eigenvalue weighted by molar-refractivity contribution is -0.139. The van der Waals surface area contributed by atoms with E-state index in [0.29, 0.717) is 30.4 Å². The highest BCUT2D eigenvalue weighted by Gasteiger charge is 2.39. The molecular formula is C15H18O3. The minimum atomic E-state index is -0.365. The smallest absolute Gasteiger partial charge is 0.334 e. The number of hydrogen-bond acceptors (Lipinski definition) is 3. The van der Waals surface area contributed by atoms with Gasteiger partial charge in [-0.15, -0.1) is 0 Å². The van der Waals surface area contributed by atoms with Crippen molar-refractivity contribution in [2.45, 2.75) is 38.7 Å². The van der Waals surface area contributed by atoms with Crippen molar-refractivity contribution in [3.05, 3.63) is 36.0 Å². The first-order chi connectivity index (χ1) is 8.49. The average molecular weight is 246 g/mol. The van der Waals surface area contributed by atoms with Crippen LogP contribution in [-0.4, -0.2) is 17.9 Å². The van der Waals surface area contributed by atoms with Crippen LogP contribution in [0.4, 0.5) is 0 Å². The number of carbonyl (C=O) groups is 2. The van der Waals surface area contributed by atoms with Crippen molar-refractivity contribution in [2.24, 2.45) is 5.92 Å². The van der Waals surface area contributed by atoms with Gasteiger partial charge in [0.05, 0.1) is 0 Å². The van der Waals surface area contributed by atoms with Gasteiger partial charge < -0.3 is 4.74 Å². The van der Waals surface area contributed by atoms with Gasteiger partial charge in [0.1, 0.15) is 6.10 Å². The first kappa shape index (κ1) is 12.8. The van der Waals surface area contributed by atoms with Gasteiger partial charge >= 0.3 is 5.97 Å². The number of rotatable bonds is 0. The maximum atomic E-state index is 12.0. The number of fused-ring (bicyclic) bond motifs is 1. The van der Waals surface area contributed by atoms with Crippen LogP contribution < -0.4 is 0 Å². The molecule has 0 saturated carbocycles. The van der Waals surface area contributed by atoms with Crippen LogP contribution in [0.25, 0.3) is 0 Å². The van der Waals surface area contributed by atoms with E-state index in [9.17, 15) is 9.59 Å². The van der Waals surface area contributed by atoms with Crippen LogP contribution in [0.1, 0.15) is 32.6 Å². The second kappa shape index (κ2) is 4.92. The van der Waals surface area contributed by atoms with Gasteiger partial charge in [0.2, 0.25) is 0 Å². The Balaban J connectivity index is 2.28. The standard InChI is InChI=1S/C15H18O3/c1-9-5-4-6-10(2)13(16)8-12-11(3)15(17)18-14(12)7-9/h5,12,14H,2-4,6-8H2,1H3. The molecule has 2 atom stereocenters. The van der Waals surface area contributed by atoms with E-state index in [0.717, 1.165) is 6.42 Å². The van der Waals surface area contributed by atoms with Crippen LogP contribution in [0.2, 0.25) is 0 Å². The number of hydrogen-bond donors (Lipinski definition) is 0. The molecule has 2 aliphatic rings. The molecule has 1 aliphatic carbocycles. The molecular weight excluding hydrogens is 228 g/mol. The van der Waals surface area contributed by atoms with Gasteiger partial charge in [0.25, 0.3) is 0 Å². The summed E-state index contributed by atoms with van der Waals surface area (Å²) >= 11 is 0. The first-order valence-electron chi connectivity index (χ1n) is 6.25. The molecule has 1 aliphatic heterocycles. The predicted octanol–water partition coefficient (Wildman–Crippen LogP) is 2.73. The summed E-state index contributed by atoms with van der Waals surface area (Å²) in [6.45, 7) is 9.60. The quantitative estimate of drug-likeness (QED) is 0.375. The second-order valence-corrected chi connectivity index (χ2v) is 5.10. The highest BCUT2D eigenvalue weighted by molar-refractivity contribution is 5.97. The molecule has 96 valence electrons. The molecule has 0 aromatic rings. The van der Waals surface area contributed by atoms with E-state index in [1.807, 2.05) is 6.92 Å². The topological polar surface area (TPSA) is 43.4 Å². The second-order valence-electron chi connectivity index (χ2n) is 5.10. The number of carbonyl (C=O) groups excluding carboxylic acids is 2. The summed E-state index contributed by atoms with van der Waals surface area (Å²) in [6, 6.07) is 0. The number of ketones is 1. The third-order valence-corrected chi connectivity index (χ3v) is 3.68. The van der Waals surface area contributed by atoms with Crippen LogP contribution in [0.3, 0.4) is 0 Å². The summed E-state index contributed by atoms with van der Waals surface area (Å²) in [5, 5.41) is 0. The van der Waals surface area contributed by atoms with Gasteiger partial charge in [-0.3, -0.25) is 4.79 Å². The van der Waals surface area contributed by atoms with Crippen LogP contribution >= 0.6 is 0 Å². The minimum absolute atomic E-state index is 0.0254. The van der Waals surface area contributed by atoms with Gasteiger partial charge in [-0.1, -0.05) is 24.8 Å². The Labute approximate surface area is 107 Å². The zero-order chi connectivity index (χ0) is 13.3. The lowest BCUT2D eigenvalue weighted by Gasteiger charge is -2.19. The third-order valence-electron chi connectivity index (χ3n) is 3.68. The van der Waals surface area contributed by atoms with Crippen molar-refractivity contribution in [2.75, 3.05) is 0 Å². The largest absolute Gasteiger partial charge is 0.458 e. The van der Waals surface area contributed by atoms with Gasteiger partial charge in [-0.25, -0.2) is 4.79 Å². The van der Waals surface area contributed by atoms with E-state index in [1.54, 1.807) is 0 Å². The lowest BCUT2D eigenvalue weighted by Crippen LogP contribution is -2.21. The Morgan fingerprint density at radius 3 is 2.72 bits per heavy atom.